The molecule has 0 bridgehead atoms. The van der Waals surface area contributed by atoms with E-state index in [0.29, 0.717) is 25.8 Å². The third-order valence-electron chi connectivity index (χ3n) is 6.72. The van der Waals surface area contributed by atoms with Gasteiger partial charge in [-0.2, -0.15) is 0 Å². The van der Waals surface area contributed by atoms with Crippen LogP contribution in [-0.4, -0.2) is 72.6 Å². The summed E-state index contributed by atoms with van der Waals surface area (Å²) in [7, 11) is 1.21. The molecule has 2 amide bonds. The Morgan fingerprint density at radius 3 is 2.50 bits per heavy atom. The molecule has 4 atom stereocenters. The smallest absolute Gasteiger partial charge is 0.332 e. The number of benzene rings is 1. The highest BCUT2D eigenvalue weighted by atomic mass is 16.6. The maximum atomic E-state index is 13.9. The van der Waals surface area contributed by atoms with Crippen LogP contribution in [0.5, 0.6) is 0 Å². The van der Waals surface area contributed by atoms with E-state index in [4.69, 9.17) is 9.47 Å². The van der Waals surface area contributed by atoms with E-state index in [9.17, 15) is 19.2 Å². The van der Waals surface area contributed by atoms with E-state index < -0.39 is 35.5 Å². The predicted molar refractivity (Wildman–Crippen MR) is 125 cm³/mol. The number of hydrogen-bond donors (Lipinski definition) is 2. The number of nitrogens with zero attached hydrogens (tertiary/aromatic N) is 1. The minimum atomic E-state index is -1.20. The lowest BCUT2D eigenvalue weighted by molar-refractivity contribution is -0.158. The SMILES string of the molecule is COC(=O)C(NC(=O)[C@@]1(Cc2ccc(C)cc2)CCCN1C(=O)[C@@H]1CCCN1)C(C)OC(C)=O. The number of hydrogen-bond acceptors (Lipinski definition) is 7. The van der Waals surface area contributed by atoms with Gasteiger partial charge in [0, 0.05) is 19.9 Å². The van der Waals surface area contributed by atoms with Crippen LogP contribution in [0.25, 0.3) is 0 Å². The fourth-order valence-electron chi connectivity index (χ4n) is 4.93. The molecule has 1 aromatic rings. The number of methoxy groups -OCH3 is 1. The Kier molecular flexibility index (Phi) is 8.30. The van der Waals surface area contributed by atoms with Gasteiger partial charge in [-0.3, -0.25) is 14.4 Å². The molecule has 2 aliphatic heterocycles. The Bertz CT molecular complexity index is 912. The molecule has 2 saturated heterocycles. The molecule has 2 unspecified atom stereocenters. The Hall–Kier alpha value is -2.94. The fraction of sp³-hybridized carbons (Fsp3) is 0.600. The minimum absolute atomic E-state index is 0.0973. The maximum absolute atomic E-state index is 13.9. The van der Waals surface area contributed by atoms with Gasteiger partial charge in [0.1, 0.15) is 11.6 Å². The number of likely N-dealkylation sites (tertiary alicyclic amines) is 1. The van der Waals surface area contributed by atoms with Crippen LogP contribution >= 0.6 is 0 Å². The van der Waals surface area contributed by atoms with Crippen molar-refractivity contribution in [1.82, 2.24) is 15.5 Å². The third-order valence-corrected chi connectivity index (χ3v) is 6.72. The van der Waals surface area contributed by atoms with Gasteiger partial charge >= 0.3 is 11.9 Å². The number of rotatable bonds is 8. The van der Waals surface area contributed by atoms with Crippen LogP contribution < -0.4 is 10.6 Å². The summed E-state index contributed by atoms with van der Waals surface area (Å²) in [6, 6.07) is 6.34. The zero-order valence-electron chi connectivity index (χ0n) is 20.4. The van der Waals surface area contributed by atoms with Crippen LogP contribution in [0.1, 0.15) is 50.7 Å². The van der Waals surface area contributed by atoms with Gasteiger partial charge in [0.15, 0.2) is 6.04 Å². The number of carbonyl (C=O) groups is 4. The second kappa shape index (κ2) is 11.0. The first-order valence-corrected chi connectivity index (χ1v) is 11.8. The van der Waals surface area contributed by atoms with Crippen molar-refractivity contribution in [2.45, 2.75) is 76.6 Å². The highest BCUT2D eigenvalue weighted by Crippen LogP contribution is 2.35. The molecule has 2 fully saturated rings. The second-order valence-corrected chi connectivity index (χ2v) is 9.23. The quantitative estimate of drug-likeness (QED) is 0.547. The van der Waals surface area contributed by atoms with Gasteiger partial charge in [-0.15, -0.1) is 0 Å². The van der Waals surface area contributed by atoms with E-state index in [0.717, 1.165) is 30.5 Å². The van der Waals surface area contributed by atoms with Crippen LogP contribution in [-0.2, 0) is 35.1 Å². The van der Waals surface area contributed by atoms with Crippen LogP contribution in [0.15, 0.2) is 24.3 Å². The zero-order valence-corrected chi connectivity index (χ0v) is 20.4. The maximum Gasteiger partial charge on any atom is 0.332 e. The fourth-order valence-corrected chi connectivity index (χ4v) is 4.93. The summed E-state index contributed by atoms with van der Waals surface area (Å²) in [4.78, 5) is 53.1. The molecular weight excluding hydrogens is 438 g/mol. The van der Waals surface area contributed by atoms with Crippen molar-refractivity contribution in [2.24, 2.45) is 0 Å². The summed E-state index contributed by atoms with van der Waals surface area (Å²) in [5, 5.41) is 5.99. The highest BCUT2D eigenvalue weighted by molar-refractivity contribution is 5.96. The average Bonchev–Trinajstić information content (AvgIpc) is 3.48. The Balaban J connectivity index is 1.95. The lowest BCUT2D eigenvalue weighted by Crippen LogP contribution is -2.64. The summed E-state index contributed by atoms with van der Waals surface area (Å²) in [6.45, 7) is 5.97. The average molecular weight is 474 g/mol. The van der Waals surface area contributed by atoms with Gasteiger partial charge in [0.05, 0.1) is 13.2 Å². The van der Waals surface area contributed by atoms with Crippen molar-refractivity contribution in [1.29, 1.82) is 0 Å². The number of esters is 2. The van der Waals surface area contributed by atoms with Gasteiger partial charge in [-0.25, -0.2) is 4.79 Å². The Morgan fingerprint density at radius 1 is 1.21 bits per heavy atom. The first kappa shape index (κ1) is 25.7. The summed E-state index contributed by atoms with van der Waals surface area (Å²) in [5.74, 6) is -1.85. The van der Waals surface area contributed by atoms with E-state index in [1.807, 2.05) is 31.2 Å². The zero-order chi connectivity index (χ0) is 24.9. The van der Waals surface area contributed by atoms with Crippen molar-refractivity contribution in [3.63, 3.8) is 0 Å². The second-order valence-electron chi connectivity index (χ2n) is 9.23. The number of carbonyl (C=O) groups excluding carboxylic acids is 4. The van der Waals surface area contributed by atoms with Crippen molar-refractivity contribution in [2.75, 3.05) is 20.2 Å². The lowest BCUT2D eigenvalue weighted by Gasteiger charge is -2.40. The van der Waals surface area contributed by atoms with Gasteiger partial charge in [-0.1, -0.05) is 29.8 Å². The topological polar surface area (TPSA) is 114 Å². The molecule has 9 nitrogen and oxygen atoms in total. The van der Waals surface area contributed by atoms with Crippen LogP contribution in [0, 0.1) is 6.92 Å². The molecule has 0 saturated carbocycles. The van der Waals surface area contributed by atoms with Crippen LogP contribution in [0.3, 0.4) is 0 Å². The van der Waals surface area contributed by atoms with E-state index in [-0.39, 0.29) is 11.9 Å². The van der Waals surface area contributed by atoms with E-state index >= 15 is 0 Å². The number of aryl methyl sites for hydroxylation is 1. The van der Waals surface area contributed by atoms with Gasteiger partial charge < -0.3 is 25.0 Å². The van der Waals surface area contributed by atoms with Gasteiger partial charge in [-0.05, 0) is 51.6 Å². The molecule has 0 radical (unpaired) electrons. The monoisotopic (exact) mass is 473 g/mol. The van der Waals surface area contributed by atoms with E-state index in [2.05, 4.69) is 10.6 Å². The Labute approximate surface area is 200 Å². The van der Waals surface area contributed by atoms with Crippen molar-refractivity contribution >= 4 is 23.8 Å². The minimum Gasteiger partial charge on any atom is -0.467 e. The van der Waals surface area contributed by atoms with Gasteiger partial charge in [0.2, 0.25) is 11.8 Å². The number of amides is 2. The predicted octanol–water partition coefficient (Wildman–Crippen LogP) is 1.26. The molecule has 3 rings (SSSR count). The molecule has 0 spiro atoms. The molecule has 0 aliphatic carbocycles. The third kappa shape index (κ3) is 5.58. The molecule has 2 aliphatic rings. The summed E-state index contributed by atoms with van der Waals surface area (Å²) in [6.07, 6.45) is 2.14. The summed E-state index contributed by atoms with van der Waals surface area (Å²) >= 11 is 0. The molecule has 2 N–H and O–H groups in total. The lowest BCUT2D eigenvalue weighted by atomic mass is 9.85. The van der Waals surface area contributed by atoms with Gasteiger partial charge in [0.25, 0.3) is 0 Å². The van der Waals surface area contributed by atoms with Crippen molar-refractivity contribution in [3.8, 4) is 0 Å². The Morgan fingerprint density at radius 2 is 1.91 bits per heavy atom. The van der Waals surface area contributed by atoms with Crippen LogP contribution in [0.2, 0.25) is 0 Å². The first-order chi connectivity index (χ1) is 16.2. The molecule has 186 valence electrons. The molecule has 2 heterocycles. The molecule has 1 aromatic carbocycles. The summed E-state index contributed by atoms with van der Waals surface area (Å²) in [5.41, 5.74) is 0.846. The molecule has 34 heavy (non-hydrogen) atoms. The van der Waals surface area contributed by atoms with E-state index in [1.54, 1.807) is 4.90 Å². The standard InChI is InChI=1S/C25H35N3O6/c1-16-8-10-19(11-9-16)15-25(12-6-14-28(25)22(30)20-7-5-13-26-20)24(32)27-21(23(31)33-4)17(2)34-18(3)29/h8-11,17,20-21,26H,5-7,12-15H2,1-4H3,(H,27,32)/t17?,20-,21?,25-/m0/s1. The molecule has 0 aromatic heterocycles. The van der Waals surface area contributed by atoms with E-state index in [1.165, 1.54) is 21.0 Å². The number of ether oxygens (including phenoxy) is 2. The van der Waals surface area contributed by atoms with Crippen molar-refractivity contribution in [3.05, 3.63) is 35.4 Å². The first-order valence-electron chi connectivity index (χ1n) is 11.8. The summed E-state index contributed by atoms with van der Waals surface area (Å²) < 4.78 is 10.0. The highest BCUT2D eigenvalue weighted by Gasteiger charge is 2.52. The molecule has 9 heteroatoms. The number of nitrogens with one attached hydrogen (secondary N) is 2. The largest absolute Gasteiger partial charge is 0.467 e. The van der Waals surface area contributed by atoms with Crippen molar-refractivity contribution < 1.29 is 28.7 Å². The van der Waals surface area contributed by atoms with Crippen LogP contribution in [0.4, 0.5) is 0 Å². The molecular formula is C25H35N3O6. The normalized spacial score (nSPS) is 23.8.